The molecule has 2 aromatic carbocycles. The van der Waals surface area contributed by atoms with Gasteiger partial charge >= 0.3 is 0 Å². The molecule has 7 heteroatoms. The number of nitrogens with one attached hydrogen (secondary N) is 1. The van der Waals surface area contributed by atoms with Gasteiger partial charge in [-0.1, -0.05) is 38.1 Å². The minimum atomic E-state index is -3.72. The van der Waals surface area contributed by atoms with Crippen LogP contribution in [0, 0.1) is 0 Å². The van der Waals surface area contributed by atoms with Crippen LogP contribution in [0.4, 0.5) is 5.69 Å². The van der Waals surface area contributed by atoms with Crippen molar-refractivity contribution in [2.24, 2.45) is 15.9 Å². The molecule has 0 amide bonds. The SMILES string of the molecule is CC(C)c1cccc(NC(N)=NCc2cccc(S(N)(=O)=O)c2)c1. The third kappa shape index (κ3) is 5.07. The number of nitrogens with two attached hydrogens (primary N) is 2. The summed E-state index contributed by atoms with van der Waals surface area (Å²) in [7, 11) is -3.72. The second-order valence-corrected chi connectivity index (χ2v) is 7.36. The van der Waals surface area contributed by atoms with Gasteiger partial charge in [0.1, 0.15) is 0 Å². The maximum atomic E-state index is 11.4. The van der Waals surface area contributed by atoms with E-state index in [4.69, 9.17) is 10.9 Å². The highest BCUT2D eigenvalue weighted by Gasteiger charge is 2.07. The summed E-state index contributed by atoms with van der Waals surface area (Å²) in [6.07, 6.45) is 0. The summed E-state index contributed by atoms with van der Waals surface area (Å²) in [6.45, 7) is 4.50. The normalized spacial score (nSPS) is 12.4. The Morgan fingerprint density at radius 2 is 1.88 bits per heavy atom. The number of aliphatic imine (C=N–C) groups is 1. The van der Waals surface area contributed by atoms with Crippen LogP contribution < -0.4 is 16.2 Å². The minimum Gasteiger partial charge on any atom is -0.370 e. The fourth-order valence-corrected chi connectivity index (χ4v) is 2.74. The Balaban J connectivity index is 2.08. The molecule has 0 fully saturated rings. The van der Waals surface area contributed by atoms with Crippen molar-refractivity contribution in [1.29, 1.82) is 0 Å². The molecule has 0 aliphatic rings. The molecular weight excluding hydrogens is 324 g/mol. The van der Waals surface area contributed by atoms with Crippen LogP contribution in [0.25, 0.3) is 0 Å². The van der Waals surface area contributed by atoms with Crippen molar-refractivity contribution in [2.45, 2.75) is 31.2 Å². The van der Waals surface area contributed by atoms with Gasteiger partial charge < -0.3 is 11.1 Å². The van der Waals surface area contributed by atoms with Gasteiger partial charge in [0.05, 0.1) is 11.4 Å². The number of rotatable bonds is 5. The maximum absolute atomic E-state index is 11.4. The number of benzene rings is 2. The van der Waals surface area contributed by atoms with E-state index in [1.54, 1.807) is 12.1 Å². The number of sulfonamides is 1. The van der Waals surface area contributed by atoms with Crippen molar-refractivity contribution >= 4 is 21.7 Å². The quantitative estimate of drug-likeness (QED) is 0.570. The van der Waals surface area contributed by atoms with Gasteiger partial charge in [-0.05, 0) is 41.3 Å². The summed E-state index contributed by atoms with van der Waals surface area (Å²) in [5.41, 5.74) is 8.67. The largest absolute Gasteiger partial charge is 0.370 e. The molecule has 0 saturated heterocycles. The van der Waals surface area contributed by atoms with Crippen LogP contribution in [0.5, 0.6) is 0 Å². The summed E-state index contributed by atoms with van der Waals surface area (Å²) in [5.74, 6) is 0.683. The molecule has 0 unspecified atom stereocenters. The van der Waals surface area contributed by atoms with Gasteiger partial charge in [-0.2, -0.15) is 0 Å². The second kappa shape index (κ2) is 7.46. The standard InChI is InChI=1S/C17H22N4O2S/c1-12(2)14-6-4-7-15(10-14)21-17(18)20-11-13-5-3-8-16(9-13)24(19,22)23/h3-10,12H,11H2,1-2H3,(H3,18,20,21)(H2,19,22,23). The van der Waals surface area contributed by atoms with E-state index in [0.29, 0.717) is 11.5 Å². The average molecular weight is 346 g/mol. The lowest BCUT2D eigenvalue weighted by atomic mass is 10.0. The Morgan fingerprint density at radius 3 is 2.54 bits per heavy atom. The molecule has 0 aliphatic heterocycles. The van der Waals surface area contributed by atoms with Crippen LogP contribution in [0.3, 0.4) is 0 Å². The monoisotopic (exact) mass is 346 g/mol. The Morgan fingerprint density at radius 1 is 1.17 bits per heavy atom. The second-order valence-electron chi connectivity index (χ2n) is 5.80. The van der Waals surface area contributed by atoms with E-state index in [-0.39, 0.29) is 17.4 Å². The molecule has 0 aromatic heterocycles. The van der Waals surface area contributed by atoms with Crippen molar-refractivity contribution in [2.75, 3.05) is 5.32 Å². The van der Waals surface area contributed by atoms with Crippen LogP contribution in [0.15, 0.2) is 58.4 Å². The third-order valence-corrected chi connectivity index (χ3v) is 4.40. The zero-order valence-electron chi connectivity index (χ0n) is 13.7. The van der Waals surface area contributed by atoms with Crippen molar-refractivity contribution < 1.29 is 8.42 Å². The summed E-state index contributed by atoms with van der Waals surface area (Å²) < 4.78 is 22.7. The maximum Gasteiger partial charge on any atom is 0.238 e. The molecule has 0 aliphatic carbocycles. The molecule has 0 spiro atoms. The number of hydrogen-bond donors (Lipinski definition) is 3. The van der Waals surface area contributed by atoms with E-state index in [1.807, 2.05) is 18.2 Å². The molecule has 2 rings (SSSR count). The number of hydrogen-bond acceptors (Lipinski definition) is 3. The van der Waals surface area contributed by atoms with Crippen LogP contribution in [0.1, 0.15) is 30.9 Å². The van der Waals surface area contributed by atoms with Gasteiger partial charge in [0.2, 0.25) is 10.0 Å². The van der Waals surface area contributed by atoms with Crippen LogP contribution in [-0.4, -0.2) is 14.4 Å². The molecule has 5 N–H and O–H groups in total. The van der Waals surface area contributed by atoms with Crippen molar-refractivity contribution in [1.82, 2.24) is 0 Å². The molecule has 0 heterocycles. The van der Waals surface area contributed by atoms with Crippen LogP contribution >= 0.6 is 0 Å². The highest BCUT2D eigenvalue weighted by Crippen LogP contribution is 2.18. The lowest BCUT2D eigenvalue weighted by molar-refractivity contribution is 0.597. The number of anilines is 1. The Bertz CT molecular complexity index is 845. The first-order chi connectivity index (χ1) is 11.3. The van der Waals surface area contributed by atoms with E-state index in [1.165, 1.54) is 17.7 Å². The predicted molar refractivity (Wildman–Crippen MR) is 97.3 cm³/mol. The van der Waals surface area contributed by atoms with E-state index < -0.39 is 10.0 Å². The Labute approximate surface area is 142 Å². The lowest BCUT2D eigenvalue weighted by Crippen LogP contribution is -2.22. The van der Waals surface area contributed by atoms with Gasteiger partial charge in [-0.3, -0.25) is 0 Å². The third-order valence-electron chi connectivity index (χ3n) is 3.48. The average Bonchev–Trinajstić information content (AvgIpc) is 2.52. The molecule has 0 bridgehead atoms. The summed E-state index contributed by atoms with van der Waals surface area (Å²) in [4.78, 5) is 4.30. The van der Waals surface area contributed by atoms with Crippen LogP contribution in [-0.2, 0) is 16.6 Å². The van der Waals surface area contributed by atoms with Crippen molar-refractivity contribution in [3.05, 3.63) is 59.7 Å². The molecule has 2 aromatic rings. The topological polar surface area (TPSA) is 111 Å². The molecule has 6 nitrogen and oxygen atoms in total. The first kappa shape index (κ1) is 18.0. The smallest absolute Gasteiger partial charge is 0.238 e. The van der Waals surface area contributed by atoms with Gasteiger partial charge in [-0.25, -0.2) is 18.5 Å². The molecule has 0 atom stereocenters. The van der Waals surface area contributed by atoms with Crippen molar-refractivity contribution in [3.8, 4) is 0 Å². The summed E-state index contributed by atoms with van der Waals surface area (Å²) in [6, 6.07) is 14.3. The molecule has 0 radical (unpaired) electrons. The van der Waals surface area contributed by atoms with E-state index in [2.05, 4.69) is 30.2 Å². The van der Waals surface area contributed by atoms with E-state index >= 15 is 0 Å². The molecule has 128 valence electrons. The van der Waals surface area contributed by atoms with Gasteiger partial charge in [-0.15, -0.1) is 0 Å². The number of guanidine groups is 1. The molecule has 0 saturated carbocycles. The lowest BCUT2D eigenvalue weighted by Gasteiger charge is -2.10. The first-order valence-corrected chi connectivity index (χ1v) is 9.09. The Kier molecular flexibility index (Phi) is 5.58. The fraction of sp³-hybridized carbons (Fsp3) is 0.235. The molecule has 24 heavy (non-hydrogen) atoms. The first-order valence-electron chi connectivity index (χ1n) is 7.54. The zero-order valence-corrected chi connectivity index (χ0v) is 14.5. The van der Waals surface area contributed by atoms with Crippen LogP contribution in [0.2, 0.25) is 0 Å². The van der Waals surface area contributed by atoms with E-state index in [0.717, 1.165) is 5.69 Å². The van der Waals surface area contributed by atoms with Gasteiger partial charge in [0.15, 0.2) is 5.96 Å². The van der Waals surface area contributed by atoms with Crippen molar-refractivity contribution in [3.63, 3.8) is 0 Å². The summed E-state index contributed by atoms with van der Waals surface area (Å²) >= 11 is 0. The highest BCUT2D eigenvalue weighted by atomic mass is 32.2. The van der Waals surface area contributed by atoms with Gasteiger partial charge in [0.25, 0.3) is 0 Å². The summed E-state index contributed by atoms with van der Waals surface area (Å²) in [5, 5.41) is 8.16. The highest BCUT2D eigenvalue weighted by molar-refractivity contribution is 7.89. The van der Waals surface area contributed by atoms with E-state index in [9.17, 15) is 8.42 Å². The predicted octanol–water partition coefficient (Wildman–Crippen LogP) is 2.38. The van der Waals surface area contributed by atoms with Gasteiger partial charge in [0, 0.05) is 5.69 Å². The Hall–Kier alpha value is -2.38. The number of primary sulfonamides is 1. The fourth-order valence-electron chi connectivity index (χ4n) is 2.16. The molecular formula is C17H22N4O2S. The minimum absolute atomic E-state index is 0.0614. The zero-order chi connectivity index (χ0) is 17.7. The number of nitrogens with zero attached hydrogens (tertiary/aromatic N) is 1.